The minimum absolute atomic E-state index is 0.197. The third kappa shape index (κ3) is 5.23. The van der Waals surface area contributed by atoms with Crippen LogP contribution in [0.4, 0.5) is 0 Å². The molecule has 0 N–H and O–H groups in total. The lowest BCUT2D eigenvalue weighted by atomic mass is 9.86. The van der Waals surface area contributed by atoms with Crippen LogP contribution in [0.5, 0.6) is 0 Å². The van der Waals surface area contributed by atoms with Gasteiger partial charge in [-0.15, -0.1) is 0 Å². The Bertz CT molecular complexity index is 1150. The van der Waals surface area contributed by atoms with Crippen LogP contribution in [-0.2, 0) is 10.0 Å². The van der Waals surface area contributed by atoms with Crippen molar-refractivity contribution in [1.29, 1.82) is 0 Å². The lowest BCUT2D eigenvalue weighted by molar-refractivity contribution is 0.334. The molecule has 2 heterocycles. The summed E-state index contributed by atoms with van der Waals surface area (Å²) >= 11 is 0. The average molecular weight is 434 g/mol. The Labute approximate surface area is 184 Å². The number of aromatic nitrogens is 3. The van der Waals surface area contributed by atoms with Crippen molar-refractivity contribution < 1.29 is 8.42 Å². The highest BCUT2D eigenvalue weighted by atomic mass is 32.2. The van der Waals surface area contributed by atoms with Crippen LogP contribution in [0.15, 0.2) is 66.0 Å². The third-order valence-corrected chi connectivity index (χ3v) is 7.32. The van der Waals surface area contributed by atoms with E-state index in [1.54, 1.807) is 48.8 Å². The molecular formula is C25H27N3O2S. The van der Waals surface area contributed by atoms with Crippen LogP contribution in [0.1, 0.15) is 56.9 Å². The maximum absolute atomic E-state index is 13.0. The molecule has 160 valence electrons. The molecule has 1 aliphatic rings. The van der Waals surface area contributed by atoms with E-state index in [0.29, 0.717) is 11.3 Å². The molecule has 0 saturated heterocycles. The topological polar surface area (TPSA) is 64.8 Å². The first-order chi connectivity index (χ1) is 15.1. The summed E-state index contributed by atoms with van der Waals surface area (Å²) in [5, 5.41) is 4.39. The highest BCUT2D eigenvalue weighted by molar-refractivity contribution is 7.89. The summed E-state index contributed by atoms with van der Waals surface area (Å²) in [7, 11) is -3.78. The van der Waals surface area contributed by atoms with Gasteiger partial charge in [0.15, 0.2) is 0 Å². The molecule has 1 aromatic carbocycles. The van der Waals surface area contributed by atoms with E-state index in [2.05, 4.69) is 21.9 Å². The van der Waals surface area contributed by atoms with E-state index in [1.165, 1.54) is 44.7 Å². The molecule has 31 heavy (non-hydrogen) atoms. The van der Waals surface area contributed by atoms with Crippen LogP contribution < -0.4 is 0 Å². The minimum Gasteiger partial charge on any atom is -0.264 e. The van der Waals surface area contributed by atoms with Gasteiger partial charge in [0.25, 0.3) is 10.0 Å². The van der Waals surface area contributed by atoms with E-state index in [9.17, 15) is 8.42 Å². The second-order valence-electron chi connectivity index (χ2n) is 8.02. The average Bonchev–Trinajstić information content (AvgIpc) is 3.26. The summed E-state index contributed by atoms with van der Waals surface area (Å²) in [6, 6.07) is 12.0. The summed E-state index contributed by atoms with van der Waals surface area (Å²) in [4.78, 5) is 4.34. The summed E-state index contributed by atoms with van der Waals surface area (Å²) < 4.78 is 27.1. The van der Waals surface area contributed by atoms with Gasteiger partial charge in [-0.05, 0) is 43.0 Å². The van der Waals surface area contributed by atoms with Crippen molar-refractivity contribution in [1.82, 2.24) is 14.2 Å². The molecule has 1 aliphatic carbocycles. The number of benzene rings is 1. The fraction of sp³-hybridized carbons (Fsp3) is 0.360. The van der Waals surface area contributed by atoms with E-state index in [1.807, 2.05) is 6.07 Å². The molecule has 0 atom stereocenters. The summed E-state index contributed by atoms with van der Waals surface area (Å²) in [5.41, 5.74) is 1.88. The predicted octanol–water partition coefficient (Wildman–Crippen LogP) is 5.28. The normalized spacial score (nSPS) is 14.7. The van der Waals surface area contributed by atoms with Gasteiger partial charge in [-0.25, -0.2) is 0 Å². The summed E-state index contributed by atoms with van der Waals surface area (Å²) in [6.07, 6.45) is 14.8. The van der Waals surface area contributed by atoms with Crippen molar-refractivity contribution in [3.63, 3.8) is 0 Å². The molecule has 0 spiro atoms. The summed E-state index contributed by atoms with van der Waals surface area (Å²) in [5.74, 6) is 7.25. The molecule has 0 bridgehead atoms. The molecule has 3 aromatic rings. The maximum Gasteiger partial charge on any atom is 0.282 e. The molecule has 2 aromatic heterocycles. The standard InChI is InChI=1S/C25H27N3O2S/c29-31(30,24-16-8-3-9-17-24)28-20-23(25(27-28)22-15-10-18-26-19-22)14-7-2-6-13-21-11-4-1-5-12-21/h3,8-10,15-21H,1-2,4-6,11-13H2. The van der Waals surface area contributed by atoms with Crippen LogP contribution in [-0.4, -0.2) is 22.6 Å². The lowest BCUT2D eigenvalue weighted by Gasteiger charge is -2.20. The van der Waals surface area contributed by atoms with Crippen molar-refractivity contribution in [2.24, 2.45) is 5.92 Å². The highest BCUT2D eigenvalue weighted by Crippen LogP contribution is 2.28. The van der Waals surface area contributed by atoms with Gasteiger partial charge in [-0.1, -0.05) is 62.1 Å². The van der Waals surface area contributed by atoms with Crippen molar-refractivity contribution >= 4 is 10.0 Å². The zero-order chi connectivity index (χ0) is 21.5. The van der Waals surface area contributed by atoms with Crippen LogP contribution in [0.3, 0.4) is 0 Å². The minimum atomic E-state index is -3.78. The maximum atomic E-state index is 13.0. The molecule has 0 unspecified atom stereocenters. The molecule has 4 rings (SSSR count). The Balaban J connectivity index is 1.56. The fourth-order valence-electron chi connectivity index (χ4n) is 4.10. The van der Waals surface area contributed by atoms with Crippen molar-refractivity contribution in [3.8, 4) is 23.1 Å². The fourth-order valence-corrected chi connectivity index (χ4v) is 5.25. The number of unbranched alkanes of at least 4 members (excludes halogenated alkanes) is 1. The van der Waals surface area contributed by atoms with Gasteiger partial charge < -0.3 is 0 Å². The Hall–Kier alpha value is -2.91. The highest BCUT2D eigenvalue weighted by Gasteiger charge is 2.21. The molecule has 1 fully saturated rings. The van der Waals surface area contributed by atoms with Gasteiger partial charge in [-0.2, -0.15) is 17.6 Å². The second kappa shape index (κ2) is 9.93. The Morgan fingerprint density at radius 2 is 1.84 bits per heavy atom. The smallest absolute Gasteiger partial charge is 0.264 e. The van der Waals surface area contributed by atoms with E-state index in [0.717, 1.165) is 28.4 Å². The molecule has 1 saturated carbocycles. The van der Waals surface area contributed by atoms with Gasteiger partial charge >= 0.3 is 0 Å². The Morgan fingerprint density at radius 3 is 2.58 bits per heavy atom. The zero-order valence-corrected chi connectivity index (χ0v) is 18.4. The van der Waals surface area contributed by atoms with Gasteiger partial charge in [0, 0.05) is 24.4 Å². The third-order valence-electron chi connectivity index (χ3n) is 5.78. The molecule has 0 aliphatic heterocycles. The van der Waals surface area contributed by atoms with Crippen molar-refractivity contribution in [3.05, 3.63) is 66.6 Å². The van der Waals surface area contributed by atoms with Gasteiger partial charge in [-0.3, -0.25) is 4.98 Å². The number of pyridine rings is 1. The molecule has 0 amide bonds. The molecular weight excluding hydrogens is 406 g/mol. The number of hydrogen-bond acceptors (Lipinski definition) is 4. The first-order valence-electron chi connectivity index (χ1n) is 10.9. The lowest BCUT2D eigenvalue weighted by Crippen LogP contribution is -2.13. The van der Waals surface area contributed by atoms with E-state index in [4.69, 9.17) is 0 Å². The van der Waals surface area contributed by atoms with Crippen LogP contribution in [0, 0.1) is 17.8 Å². The monoisotopic (exact) mass is 433 g/mol. The first-order valence-corrected chi connectivity index (χ1v) is 12.4. The molecule has 6 heteroatoms. The first kappa shape index (κ1) is 21.3. The molecule has 5 nitrogen and oxygen atoms in total. The van der Waals surface area contributed by atoms with Crippen molar-refractivity contribution in [2.45, 2.75) is 56.3 Å². The Morgan fingerprint density at radius 1 is 1.03 bits per heavy atom. The van der Waals surface area contributed by atoms with Gasteiger partial charge in [0.2, 0.25) is 0 Å². The summed E-state index contributed by atoms with van der Waals surface area (Å²) in [6.45, 7) is 0. The van der Waals surface area contributed by atoms with Crippen LogP contribution in [0.25, 0.3) is 11.3 Å². The molecule has 0 radical (unpaired) electrons. The second-order valence-corrected chi connectivity index (χ2v) is 9.82. The van der Waals surface area contributed by atoms with E-state index >= 15 is 0 Å². The predicted molar refractivity (Wildman–Crippen MR) is 122 cm³/mol. The van der Waals surface area contributed by atoms with E-state index in [-0.39, 0.29) is 4.90 Å². The van der Waals surface area contributed by atoms with Gasteiger partial charge in [0.1, 0.15) is 5.69 Å². The van der Waals surface area contributed by atoms with E-state index < -0.39 is 10.0 Å². The Kier molecular flexibility index (Phi) is 6.83. The number of nitrogens with zero attached hydrogens (tertiary/aromatic N) is 3. The van der Waals surface area contributed by atoms with Crippen molar-refractivity contribution in [2.75, 3.05) is 0 Å². The van der Waals surface area contributed by atoms with Crippen LogP contribution >= 0.6 is 0 Å². The largest absolute Gasteiger partial charge is 0.282 e. The van der Waals surface area contributed by atoms with Crippen LogP contribution in [0.2, 0.25) is 0 Å². The van der Waals surface area contributed by atoms with Gasteiger partial charge in [0.05, 0.1) is 16.7 Å². The number of hydrogen-bond donors (Lipinski definition) is 0. The zero-order valence-electron chi connectivity index (χ0n) is 17.6. The number of rotatable bonds is 6. The SMILES string of the molecule is O=S(=O)(c1ccccc1)n1cc(C#CCCCC2CCCCC2)c(-c2cccnc2)n1. The quantitative estimate of drug-likeness (QED) is 0.392.